The molecule has 3 atom stereocenters. The Hall–Kier alpha value is -2.62. The highest BCUT2D eigenvalue weighted by atomic mass is 19.1. The van der Waals surface area contributed by atoms with Crippen molar-refractivity contribution in [1.29, 1.82) is 0 Å². The summed E-state index contributed by atoms with van der Waals surface area (Å²) in [5.41, 5.74) is 3.64. The Kier molecular flexibility index (Phi) is 4.04. The zero-order valence-electron chi connectivity index (χ0n) is 14.0. The number of nitrogens with one attached hydrogen (secondary N) is 1. The van der Waals surface area contributed by atoms with Crippen LogP contribution in [0.4, 0.5) is 10.1 Å². The smallest absolute Gasteiger partial charge is 0.338 e. The van der Waals surface area contributed by atoms with Crippen molar-refractivity contribution in [2.45, 2.75) is 25.3 Å². The molecule has 1 aliphatic carbocycles. The second-order valence-electron chi connectivity index (χ2n) is 6.55. The van der Waals surface area contributed by atoms with Crippen LogP contribution >= 0.6 is 0 Å². The minimum absolute atomic E-state index is 0.0524. The van der Waals surface area contributed by atoms with Gasteiger partial charge < -0.3 is 10.1 Å². The van der Waals surface area contributed by atoms with Crippen LogP contribution in [-0.2, 0) is 4.74 Å². The Balaban J connectivity index is 1.72. The molecule has 2 aromatic rings. The lowest BCUT2D eigenvalue weighted by Gasteiger charge is -2.37. The van der Waals surface area contributed by atoms with Gasteiger partial charge in [0.1, 0.15) is 5.82 Å². The topological polar surface area (TPSA) is 38.3 Å². The summed E-state index contributed by atoms with van der Waals surface area (Å²) in [5, 5.41) is 3.55. The number of rotatable bonds is 3. The van der Waals surface area contributed by atoms with Gasteiger partial charge in [-0.05, 0) is 60.7 Å². The van der Waals surface area contributed by atoms with Crippen molar-refractivity contribution in [2.24, 2.45) is 5.92 Å². The van der Waals surface area contributed by atoms with Gasteiger partial charge in [0.2, 0.25) is 0 Å². The third-order valence-electron chi connectivity index (χ3n) is 5.08. The molecule has 2 aliphatic rings. The molecule has 0 unspecified atom stereocenters. The molecule has 0 saturated carbocycles. The predicted octanol–water partition coefficient (Wildman–Crippen LogP) is 4.83. The van der Waals surface area contributed by atoms with E-state index in [-0.39, 0.29) is 23.7 Å². The fourth-order valence-corrected chi connectivity index (χ4v) is 3.97. The number of ether oxygens (including phenoxy) is 1. The lowest BCUT2D eigenvalue weighted by atomic mass is 9.76. The van der Waals surface area contributed by atoms with Crippen LogP contribution in [-0.4, -0.2) is 12.6 Å². The number of fused-ring (bicyclic) bond motifs is 3. The quantitative estimate of drug-likeness (QED) is 0.644. The van der Waals surface area contributed by atoms with Gasteiger partial charge >= 0.3 is 5.97 Å². The minimum atomic E-state index is -0.295. The van der Waals surface area contributed by atoms with Gasteiger partial charge in [-0.1, -0.05) is 24.3 Å². The van der Waals surface area contributed by atoms with E-state index >= 15 is 0 Å². The lowest BCUT2D eigenvalue weighted by Crippen LogP contribution is -2.29. The molecular formula is C21H20FNO2. The number of carbonyl (C=O) groups excluding carboxylic acids is 1. The Morgan fingerprint density at radius 1 is 1.28 bits per heavy atom. The molecule has 0 aromatic heterocycles. The summed E-state index contributed by atoms with van der Waals surface area (Å²) in [6.45, 7) is 2.17. The van der Waals surface area contributed by atoms with E-state index in [1.165, 1.54) is 6.07 Å². The zero-order valence-corrected chi connectivity index (χ0v) is 14.0. The number of hydrogen-bond donors (Lipinski definition) is 1. The van der Waals surface area contributed by atoms with Crippen molar-refractivity contribution in [3.63, 3.8) is 0 Å². The standard InChI is InChI=1S/C21H20FNO2/c1-2-25-21(24)14-9-10-19-18(12-14)16-7-4-8-17(16)20(23-19)13-5-3-6-15(22)11-13/h3-7,9-12,16-17,20,23H,2,8H2,1H3/t16-,17-,20-/m0/s1. The second-order valence-corrected chi connectivity index (χ2v) is 6.55. The monoisotopic (exact) mass is 337 g/mol. The maximum absolute atomic E-state index is 13.7. The van der Waals surface area contributed by atoms with E-state index in [1.807, 2.05) is 18.2 Å². The Labute approximate surface area is 146 Å². The SMILES string of the molecule is CCOC(=O)c1ccc2c(c1)[C@H]1C=CC[C@@H]1[C@H](c1cccc(F)c1)N2. The van der Waals surface area contributed by atoms with Gasteiger partial charge in [0, 0.05) is 11.6 Å². The van der Waals surface area contributed by atoms with Crippen molar-refractivity contribution in [2.75, 3.05) is 11.9 Å². The average Bonchev–Trinajstić information content (AvgIpc) is 3.11. The van der Waals surface area contributed by atoms with E-state index in [4.69, 9.17) is 4.74 Å². The number of benzene rings is 2. The highest BCUT2D eigenvalue weighted by Gasteiger charge is 2.38. The van der Waals surface area contributed by atoms with Gasteiger partial charge in [0.25, 0.3) is 0 Å². The Morgan fingerprint density at radius 3 is 2.96 bits per heavy atom. The number of carbonyl (C=O) groups is 1. The molecule has 1 N–H and O–H groups in total. The number of halogens is 1. The molecular weight excluding hydrogens is 317 g/mol. The van der Waals surface area contributed by atoms with Crippen LogP contribution in [0.3, 0.4) is 0 Å². The Morgan fingerprint density at radius 2 is 2.16 bits per heavy atom. The maximum atomic E-state index is 13.7. The summed E-state index contributed by atoms with van der Waals surface area (Å²) in [6, 6.07) is 12.5. The first-order valence-corrected chi connectivity index (χ1v) is 8.67. The first-order chi connectivity index (χ1) is 12.2. The largest absolute Gasteiger partial charge is 0.462 e. The maximum Gasteiger partial charge on any atom is 0.338 e. The van der Waals surface area contributed by atoms with E-state index in [1.54, 1.807) is 25.1 Å². The third kappa shape index (κ3) is 2.82. The summed E-state index contributed by atoms with van der Waals surface area (Å²) in [4.78, 5) is 12.0. The van der Waals surface area contributed by atoms with Crippen molar-refractivity contribution in [3.05, 3.63) is 77.1 Å². The molecule has 128 valence electrons. The summed E-state index contributed by atoms with van der Waals surface area (Å²) < 4.78 is 18.8. The molecule has 0 radical (unpaired) electrons. The normalized spacial score (nSPS) is 23.5. The fourth-order valence-electron chi connectivity index (χ4n) is 3.97. The van der Waals surface area contributed by atoms with Gasteiger partial charge in [0.15, 0.2) is 0 Å². The zero-order chi connectivity index (χ0) is 17.4. The summed E-state index contributed by atoms with van der Waals surface area (Å²) in [5.74, 6) is 0.0204. The summed E-state index contributed by atoms with van der Waals surface area (Å²) in [7, 11) is 0. The molecule has 0 spiro atoms. The molecule has 0 bridgehead atoms. The van der Waals surface area contributed by atoms with Crippen molar-refractivity contribution < 1.29 is 13.9 Å². The average molecular weight is 337 g/mol. The van der Waals surface area contributed by atoms with Crippen LogP contribution < -0.4 is 5.32 Å². The van der Waals surface area contributed by atoms with Gasteiger partial charge in [-0.15, -0.1) is 0 Å². The fraction of sp³-hybridized carbons (Fsp3) is 0.286. The third-order valence-corrected chi connectivity index (χ3v) is 5.08. The van der Waals surface area contributed by atoms with Gasteiger partial charge in [-0.2, -0.15) is 0 Å². The number of hydrogen-bond acceptors (Lipinski definition) is 3. The van der Waals surface area contributed by atoms with E-state index in [0.717, 1.165) is 23.2 Å². The number of allylic oxidation sites excluding steroid dienone is 2. The number of anilines is 1. The molecule has 4 heteroatoms. The molecule has 3 nitrogen and oxygen atoms in total. The van der Waals surface area contributed by atoms with Crippen LogP contribution in [0.5, 0.6) is 0 Å². The van der Waals surface area contributed by atoms with Crippen molar-refractivity contribution >= 4 is 11.7 Å². The minimum Gasteiger partial charge on any atom is -0.462 e. The first kappa shape index (κ1) is 15.9. The van der Waals surface area contributed by atoms with Crippen LogP contribution in [0.25, 0.3) is 0 Å². The lowest BCUT2D eigenvalue weighted by molar-refractivity contribution is 0.0526. The van der Waals surface area contributed by atoms with Gasteiger partial charge in [0.05, 0.1) is 18.2 Å². The van der Waals surface area contributed by atoms with E-state index in [2.05, 4.69) is 17.5 Å². The molecule has 0 amide bonds. The molecule has 1 heterocycles. The van der Waals surface area contributed by atoms with Crippen LogP contribution in [0.2, 0.25) is 0 Å². The molecule has 0 fully saturated rings. The van der Waals surface area contributed by atoms with E-state index < -0.39 is 0 Å². The van der Waals surface area contributed by atoms with Crippen molar-refractivity contribution in [3.8, 4) is 0 Å². The van der Waals surface area contributed by atoms with E-state index in [9.17, 15) is 9.18 Å². The number of esters is 1. The van der Waals surface area contributed by atoms with E-state index in [0.29, 0.717) is 18.1 Å². The predicted molar refractivity (Wildman–Crippen MR) is 95.2 cm³/mol. The van der Waals surface area contributed by atoms with Crippen LogP contribution in [0.1, 0.15) is 46.8 Å². The molecule has 0 saturated heterocycles. The summed E-state index contributed by atoms with van der Waals surface area (Å²) in [6.07, 6.45) is 5.31. The van der Waals surface area contributed by atoms with Gasteiger partial charge in [-0.25, -0.2) is 9.18 Å². The Bertz CT molecular complexity index is 846. The molecule has 1 aliphatic heterocycles. The highest BCUT2D eigenvalue weighted by molar-refractivity contribution is 5.90. The van der Waals surface area contributed by atoms with Crippen molar-refractivity contribution in [1.82, 2.24) is 0 Å². The summed E-state index contributed by atoms with van der Waals surface area (Å²) >= 11 is 0. The first-order valence-electron chi connectivity index (χ1n) is 8.67. The van der Waals surface area contributed by atoms with Crippen LogP contribution in [0.15, 0.2) is 54.6 Å². The van der Waals surface area contributed by atoms with Gasteiger partial charge in [-0.3, -0.25) is 0 Å². The highest BCUT2D eigenvalue weighted by Crippen LogP contribution is 2.49. The molecule has 25 heavy (non-hydrogen) atoms. The molecule has 2 aromatic carbocycles. The molecule has 4 rings (SSSR count). The van der Waals surface area contributed by atoms with Crippen LogP contribution in [0, 0.1) is 11.7 Å². The second kappa shape index (κ2) is 6.36.